The Morgan fingerprint density at radius 3 is 2.44 bits per heavy atom. The lowest BCUT2D eigenvalue weighted by Gasteiger charge is -2.31. The van der Waals surface area contributed by atoms with E-state index in [0.717, 1.165) is 25.1 Å². The third-order valence-electron chi connectivity index (χ3n) is 4.73. The minimum atomic E-state index is -5.20. The van der Waals surface area contributed by atoms with Gasteiger partial charge in [0.15, 0.2) is 5.70 Å². The molecule has 174 valence electrons. The number of aliphatic imine (C=N–C) groups is 1. The van der Waals surface area contributed by atoms with E-state index < -0.39 is 57.5 Å². The van der Waals surface area contributed by atoms with Crippen LogP contribution >= 0.6 is 15.9 Å². The van der Waals surface area contributed by atoms with Crippen LogP contribution in [-0.4, -0.2) is 50.9 Å². The molecule has 2 atom stereocenters. The molecule has 1 aliphatic rings. The van der Waals surface area contributed by atoms with Gasteiger partial charge in [0.1, 0.15) is 11.7 Å². The molecule has 1 aromatic rings. The van der Waals surface area contributed by atoms with Gasteiger partial charge in [0.05, 0.1) is 17.1 Å². The van der Waals surface area contributed by atoms with Crippen LogP contribution in [0, 0.1) is 16.0 Å². The summed E-state index contributed by atoms with van der Waals surface area (Å²) in [6.45, 7) is 1.11. The molecule has 0 amide bonds. The Morgan fingerprint density at radius 2 is 1.94 bits per heavy atom. The fraction of sp³-hybridized carbons (Fsp3) is 0.421. The van der Waals surface area contributed by atoms with Gasteiger partial charge >= 0.3 is 18.1 Å². The van der Waals surface area contributed by atoms with Crippen LogP contribution in [0.25, 0.3) is 0 Å². The first-order valence-corrected chi connectivity index (χ1v) is 10.3. The fourth-order valence-electron chi connectivity index (χ4n) is 3.37. The van der Waals surface area contributed by atoms with Gasteiger partial charge in [-0.05, 0) is 25.8 Å². The zero-order valence-electron chi connectivity index (χ0n) is 16.6. The first kappa shape index (κ1) is 25.3. The second-order valence-corrected chi connectivity index (χ2v) is 7.63. The van der Waals surface area contributed by atoms with E-state index >= 15 is 0 Å². The maximum Gasteiger partial charge on any atom is 0.433 e. The Balaban J connectivity index is 2.80. The molecule has 32 heavy (non-hydrogen) atoms. The quantitative estimate of drug-likeness (QED) is 0.213. The lowest BCUT2D eigenvalue weighted by molar-refractivity contribution is -0.385. The third kappa shape index (κ3) is 5.44. The summed E-state index contributed by atoms with van der Waals surface area (Å²) in [5.74, 6) is -7.55. The van der Waals surface area contributed by atoms with Crippen molar-refractivity contribution in [1.82, 2.24) is 0 Å². The molecule has 0 saturated carbocycles. The molecule has 0 bridgehead atoms. The number of nitro groups is 1. The summed E-state index contributed by atoms with van der Waals surface area (Å²) in [6, 6.07) is 3.00. The summed E-state index contributed by atoms with van der Waals surface area (Å²) < 4.78 is 46.4. The predicted octanol–water partition coefficient (Wildman–Crippen LogP) is 4.31. The Kier molecular flexibility index (Phi) is 7.99. The second-order valence-electron chi connectivity index (χ2n) is 6.84. The average Bonchev–Trinajstić information content (AvgIpc) is 2.69. The van der Waals surface area contributed by atoms with Crippen molar-refractivity contribution in [2.45, 2.75) is 31.9 Å². The van der Waals surface area contributed by atoms with Crippen molar-refractivity contribution >= 4 is 39.3 Å². The first-order valence-electron chi connectivity index (χ1n) is 9.19. The van der Waals surface area contributed by atoms with E-state index in [2.05, 4.69) is 20.9 Å². The van der Waals surface area contributed by atoms with Crippen molar-refractivity contribution in [2.24, 2.45) is 10.9 Å². The minimum Gasteiger partial charge on any atom is -0.493 e. The van der Waals surface area contributed by atoms with Crippen LogP contribution in [-0.2, 0) is 9.59 Å². The van der Waals surface area contributed by atoms with Crippen LogP contribution in [0.15, 0.2) is 34.5 Å². The van der Waals surface area contributed by atoms with E-state index in [4.69, 9.17) is 4.74 Å². The molecule has 2 unspecified atom stereocenters. The van der Waals surface area contributed by atoms with Gasteiger partial charge in [-0.25, -0.2) is 4.79 Å². The van der Waals surface area contributed by atoms with Gasteiger partial charge in [-0.15, -0.1) is 0 Å². The van der Waals surface area contributed by atoms with E-state index in [9.17, 15) is 43.1 Å². The minimum absolute atomic E-state index is 0.0756. The van der Waals surface area contributed by atoms with Gasteiger partial charge in [-0.3, -0.25) is 19.9 Å². The SMILES string of the molecule is CC1=NC(C(F)(F)F)=C(C(=O)O)C(c2cc([N+](=O)[O-])ccc2OCCCCBr)C1C(=O)O. The molecule has 1 aromatic carbocycles. The van der Waals surface area contributed by atoms with E-state index in [1.54, 1.807) is 0 Å². The zero-order valence-corrected chi connectivity index (χ0v) is 18.1. The van der Waals surface area contributed by atoms with Gasteiger partial charge in [-0.1, -0.05) is 15.9 Å². The van der Waals surface area contributed by atoms with Gasteiger partial charge < -0.3 is 14.9 Å². The highest BCUT2D eigenvalue weighted by atomic mass is 79.9. The van der Waals surface area contributed by atoms with Gasteiger partial charge in [-0.2, -0.15) is 13.2 Å². The number of nitro benzene ring substituents is 1. The number of carboxylic acid groups (broad SMARTS) is 2. The third-order valence-corrected chi connectivity index (χ3v) is 5.29. The molecule has 0 spiro atoms. The number of carboxylic acids is 2. The average molecular weight is 523 g/mol. The van der Waals surface area contributed by atoms with E-state index in [0.29, 0.717) is 18.2 Å². The zero-order chi connectivity index (χ0) is 24.2. The number of unbranched alkanes of at least 4 members (excludes halogenated alkanes) is 1. The number of benzene rings is 1. The molecular weight excluding hydrogens is 505 g/mol. The summed E-state index contributed by atoms with van der Waals surface area (Å²) in [5.41, 5.74) is -4.48. The van der Waals surface area contributed by atoms with Crippen LogP contribution in [0.2, 0.25) is 0 Å². The topological polar surface area (TPSA) is 139 Å². The van der Waals surface area contributed by atoms with Crippen LogP contribution in [0.1, 0.15) is 31.2 Å². The summed E-state index contributed by atoms with van der Waals surface area (Å²) in [6.07, 6.45) is -3.99. The Bertz CT molecular complexity index is 992. The fourth-order valence-corrected chi connectivity index (χ4v) is 3.77. The highest BCUT2D eigenvalue weighted by molar-refractivity contribution is 9.09. The number of ether oxygens (including phenoxy) is 1. The molecule has 13 heteroatoms. The predicted molar refractivity (Wildman–Crippen MR) is 109 cm³/mol. The van der Waals surface area contributed by atoms with Gasteiger partial charge in [0, 0.05) is 34.7 Å². The molecule has 1 aliphatic heterocycles. The molecule has 0 radical (unpaired) electrons. The molecule has 1 heterocycles. The summed E-state index contributed by atoms with van der Waals surface area (Å²) in [7, 11) is 0. The number of nitrogens with zero attached hydrogens (tertiary/aromatic N) is 2. The van der Waals surface area contributed by atoms with E-state index in [1.165, 1.54) is 0 Å². The Morgan fingerprint density at radius 1 is 1.28 bits per heavy atom. The lowest BCUT2D eigenvalue weighted by atomic mass is 9.75. The molecule has 0 aromatic heterocycles. The second kappa shape index (κ2) is 10.1. The highest BCUT2D eigenvalue weighted by Crippen LogP contribution is 2.47. The van der Waals surface area contributed by atoms with Crippen LogP contribution in [0.4, 0.5) is 18.9 Å². The van der Waals surface area contributed by atoms with Crippen molar-refractivity contribution in [3.63, 3.8) is 0 Å². The molecule has 2 N–H and O–H groups in total. The molecule has 0 saturated heterocycles. The van der Waals surface area contributed by atoms with Crippen LogP contribution in [0.5, 0.6) is 5.75 Å². The number of carbonyl (C=O) groups is 2. The Hall–Kier alpha value is -2.96. The van der Waals surface area contributed by atoms with E-state index in [1.807, 2.05) is 0 Å². The number of hydrogen-bond acceptors (Lipinski definition) is 6. The molecule has 0 aliphatic carbocycles. The van der Waals surface area contributed by atoms with Crippen molar-refractivity contribution in [1.29, 1.82) is 0 Å². The number of aliphatic carboxylic acids is 2. The monoisotopic (exact) mass is 522 g/mol. The number of alkyl halides is 4. The van der Waals surface area contributed by atoms with Crippen molar-refractivity contribution in [2.75, 3.05) is 11.9 Å². The lowest BCUT2D eigenvalue weighted by Crippen LogP contribution is -2.37. The van der Waals surface area contributed by atoms with Crippen molar-refractivity contribution in [3.8, 4) is 5.75 Å². The molecular formula is C19H18BrF3N2O7. The molecule has 0 fully saturated rings. The van der Waals surface area contributed by atoms with Gasteiger partial charge in [0.2, 0.25) is 0 Å². The number of non-ortho nitro benzene ring substituents is 1. The van der Waals surface area contributed by atoms with Crippen LogP contribution < -0.4 is 4.74 Å². The maximum atomic E-state index is 13.6. The summed E-state index contributed by atoms with van der Waals surface area (Å²) >= 11 is 3.23. The molecule has 9 nitrogen and oxygen atoms in total. The summed E-state index contributed by atoms with van der Waals surface area (Å²) in [4.78, 5) is 37.5. The van der Waals surface area contributed by atoms with E-state index in [-0.39, 0.29) is 17.9 Å². The smallest absolute Gasteiger partial charge is 0.433 e. The van der Waals surface area contributed by atoms with Crippen molar-refractivity contribution in [3.05, 3.63) is 45.1 Å². The Labute approximate surface area is 187 Å². The maximum absolute atomic E-state index is 13.6. The number of allylic oxidation sites excluding steroid dienone is 1. The standard InChI is InChI=1S/C19H18BrF3N2O7/c1-9-13(17(26)27)14(15(18(28)29)16(24-9)19(21,22)23)11-8-10(25(30)31)4-5-12(11)32-7-3-2-6-20/h4-5,8,13-14H,2-3,6-7H2,1H3,(H,26,27)(H,28,29). The number of halogens is 4. The highest BCUT2D eigenvalue weighted by Gasteiger charge is 2.49. The van der Waals surface area contributed by atoms with Gasteiger partial charge in [0.25, 0.3) is 5.69 Å². The normalized spacial score (nSPS) is 18.8. The summed E-state index contributed by atoms with van der Waals surface area (Å²) in [5, 5.41) is 31.2. The number of rotatable bonds is 9. The van der Waals surface area contributed by atoms with Crippen molar-refractivity contribution < 1.29 is 42.6 Å². The first-order chi connectivity index (χ1) is 14.9. The number of hydrogen-bond donors (Lipinski definition) is 2. The van der Waals surface area contributed by atoms with Crippen LogP contribution in [0.3, 0.4) is 0 Å². The largest absolute Gasteiger partial charge is 0.493 e. The molecule has 2 rings (SSSR count).